The highest BCUT2D eigenvalue weighted by Gasteiger charge is 2.43. The van der Waals surface area contributed by atoms with Gasteiger partial charge >= 0.3 is 0 Å². The van der Waals surface area contributed by atoms with Crippen LogP contribution in [-0.4, -0.2) is 52.1 Å². The summed E-state index contributed by atoms with van der Waals surface area (Å²) in [5, 5.41) is 18.4. The van der Waals surface area contributed by atoms with Crippen molar-refractivity contribution in [1.29, 1.82) is 0 Å². The lowest BCUT2D eigenvalue weighted by atomic mass is 9.64. The highest BCUT2D eigenvalue weighted by atomic mass is 16.6. The normalized spacial score (nSPS) is 25.5. The summed E-state index contributed by atoms with van der Waals surface area (Å²) in [6.45, 7) is 9.99. The van der Waals surface area contributed by atoms with Gasteiger partial charge in [0, 0.05) is 12.2 Å². The van der Waals surface area contributed by atoms with Crippen LogP contribution in [0.2, 0.25) is 0 Å². The van der Waals surface area contributed by atoms with Crippen LogP contribution in [0.25, 0.3) is 6.20 Å². The van der Waals surface area contributed by atoms with Crippen molar-refractivity contribution in [2.45, 2.75) is 84.8 Å². The fourth-order valence-corrected chi connectivity index (χ4v) is 5.19. The van der Waals surface area contributed by atoms with Gasteiger partial charge < -0.3 is 15.2 Å². The van der Waals surface area contributed by atoms with Crippen LogP contribution in [0.15, 0.2) is 12.3 Å². The van der Waals surface area contributed by atoms with E-state index >= 15 is 0 Å². The highest BCUT2D eigenvalue weighted by molar-refractivity contribution is 5.96. The number of aliphatic hydroxyl groups is 1. The smallest absolute Gasteiger partial charge is 0.258 e. The maximum absolute atomic E-state index is 13.3. The number of hydrogen-bond donors (Lipinski definition) is 3. The lowest BCUT2D eigenvalue weighted by molar-refractivity contribution is -0.137. The molecule has 2 saturated carbocycles. The molecule has 9 heteroatoms. The second kappa shape index (κ2) is 11.1. The number of hydroxylamine groups is 1. The molecule has 4 atom stereocenters. The predicted molar refractivity (Wildman–Crippen MR) is 133 cm³/mol. The quantitative estimate of drug-likeness (QED) is 0.432. The highest BCUT2D eigenvalue weighted by Crippen LogP contribution is 2.46. The van der Waals surface area contributed by atoms with Gasteiger partial charge in [-0.1, -0.05) is 32.8 Å². The van der Waals surface area contributed by atoms with Crippen LogP contribution in [0, 0.1) is 23.2 Å². The van der Waals surface area contributed by atoms with Crippen molar-refractivity contribution < 1.29 is 24.3 Å². The molecule has 0 radical (unpaired) electrons. The molecule has 1 heterocycles. The average Bonchev–Trinajstić information content (AvgIpc) is 3.18. The molecule has 196 valence electrons. The van der Waals surface area contributed by atoms with Crippen LogP contribution in [-0.2, 0) is 9.63 Å². The summed E-state index contributed by atoms with van der Waals surface area (Å²) in [5.41, 5.74) is 1.22. The fourth-order valence-electron chi connectivity index (χ4n) is 5.19. The summed E-state index contributed by atoms with van der Waals surface area (Å²) in [4.78, 5) is 30.3. The molecule has 35 heavy (non-hydrogen) atoms. The lowest BCUT2D eigenvalue weighted by Gasteiger charge is -2.46. The van der Waals surface area contributed by atoms with Gasteiger partial charge in [0.05, 0.1) is 30.9 Å². The van der Waals surface area contributed by atoms with E-state index in [-0.39, 0.29) is 29.7 Å². The first kappa shape index (κ1) is 27.2. The maximum atomic E-state index is 13.3. The zero-order valence-corrected chi connectivity index (χ0v) is 22.0. The number of fused-ring (bicyclic) bond motifs is 2. The minimum Gasteiger partial charge on any atom is -0.477 e. The Morgan fingerprint density at radius 2 is 2.09 bits per heavy atom. The molecule has 2 aliphatic carbocycles. The Labute approximate surface area is 208 Å². The minimum atomic E-state index is -0.868. The number of aromatic nitrogens is 2. The number of carbonyl (C=O) groups is 2. The van der Waals surface area contributed by atoms with Gasteiger partial charge in [-0.15, -0.1) is 0 Å². The summed E-state index contributed by atoms with van der Waals surface area (Å²) in [6.07, 6.45) is 10.5. The molecule has 3 unspecified atom stereocenters. The number of nitrogens with zero attached hydrogens (tertiary/aromatic N) is 2. The van der Waals surface area contributed by atoms with Crippen molar-refractivity contribution in [2.75, 3.05) is 13.7 Å². The molecule has 0 aromatic carbocycles. The van der Waals surface area contributed by atoms with E-state index in [2.05, 4.69) is 15.9 Å². The van der Waals surface area contributed by atoms with Gasteiger partial charge in [-0.25, -0.2) is 10.2 Å². The van der Waals surface area contributed by atoms with Gasteiger partial charge in [0.25, 0.3) is 11.8 Å². The van der Waals surface area contributed by atoms with E-state index in [4.69, 9.17) is 9.57 Å². The third-order valence-corrected chi connectivity index (χ3v) is 7.23. The number of nitrogens with one attached hydrogen (secondary N) is 2. The van der Waals surface area contributed by atoms with Gasteiger partial charge in [-0.2, -0.15) is 5.10 Å². The molecular weight excluding hydrogens is 448 g/mol. The Morgan fingerprint density at radius 1 is 1.34 bits per heavy atom. The van der Waals surface area contributed by atoms with Crippen molar-refractivity contribution in [1.82, 2.24) is 20.6 Å². The van der Waals surface area contributed by atoms with Gasteiger partial charge in [0.1, 0.15) is 5.56 Å². The monoisotopic (exact) mass is 490 g/mol. The molecule has 2 fully saturated rings. The van der Waals surface area contributed by atoms with E-state index in [1.54, 1.807) is 26.1 Å². The van der Waals surface area contributed by atoms with E-state index in [1.807, 2.05) is 20.8 Å². The average molecular weight is 491 g/mol. The van der Waals surface area contributed by atoms with Crippen molar-refractivity contribution in [2.24, 2.45) is 23.2 Å². The Hall–Kier alpha value is -2.39. The topological polar surface area (TPSA) is 115 Å². The Morgan fingerprint density at radius 3 is 2.74 bits per heavy atom. The van der Waals surface area contributed by atoms with Gasteiger partial charge in [-0.3, -0.25) is 14.4 Å². The molecule has 1 aromatic rings. The molecular formula is C26H42N4O5. The molecule has 2 aliphatic rings. The molecule has 2 amide bonds. The third kappa shape index (κ3) is 6.85. The Kier molecular flexibility index (Phi) is 8.64. The first-order valence-electron chi connectivity index (χ1n) is 12.7. The van der Waals surface area contributed by atoms with Crippen LogP contribution in [0.1, 0.15) is 83.5 Å². The van der Waals surface area contributed by atoms with Crippen molar-refractivity contribution in [3.8, 4) is 5.88 Å². The minimum absolute atomic E-state index is 0.0801. The number of rotatable bonds is 10. The van der Waals surface area contributed by atoms with E-state index in [1.165, 1.54) is 18.0 Å². The number of ether oxygens (including phenoxy) is 1. The molecule has 3 N–H and O–H groups in total. The standard InChI is InChI=1S/C26H42N4O5/c1-17(2)16-35-23-21(15-27-30(23)11-10-25(4,5)24(32)29-34-6)22(31)28-18(3)20-12-19-8-7-9-26(33,13-19)14-20/h10-11,15,17-20,33H,7-9,12-14,16H2,1-6H3,(H,28,31)(H,29,32)/b11-10+/t18?,19?,20?,26-/m1/s1. The summed E-state index contributed by atoms with van der Waals surface area (Å²) in [6, 6.07) is -0.0801. The fraction of sp³-hybridized carbons (Fsp3) is 0.731. The van der Waals surface area contributed by atoms with Crippen LogP contribution >= 0.6 is 0 Å². The van der Waals surface area contributed by atoms with E-state index < -0.39 is 11.0 Å². The molecule has 2 bridgehead atoms. The van der Waals surface area contributed by atoms with Gasteiger partial charge in [0.15, 0.2) is 0 Å². The largest absolute Gasteiger partial charge is 0.477 e. The molecule has 3 rings (SSSR count). The second-order valence-electron chi connectivity index (χ2n) is 11.3. The first-order valence-corrected chi connectivity index (χ1v) is 12.7. The Balaban J connectivity index is 1.76. The molecule has 0 aliphatic heterocycles. The van der Waals surface area contributed by atoms with Crippen molar-refractivity contribution in [3.63, 3.8) is 0 Å². The lowest BCUT2D eigenvalue weighted by Crippen LogP contribution is -2.48. The summed E-state index contributed by atoms with van der Waals surface area (Å²) >= 11 is 0. The second-order valence-corrected chi connectivity index (χ2v) is 11.3. The van der Waals surface area contributed by atoms with Gasteiger partial charge in [-0.05, 0) is 64.2 Å². The molecule has 0 spiro atoms. The van der Waals surface area contributed by atoms with Crippen molar-refractivity contribution in [3.05, 3.63) is 17.8 Å². The number of carbonyl (C=O) groups excluding carboxylic acids is 2. The van der Waals surface area contributed by atoms with Crippen LogP contribution in [0.4, 0.5) is 0 Å². The Bertz CT molecular complexity index is 925. The predicted octanol–water partition coefficient (Wildman–Crippen LogP) is 3.54. The SMILES string of the molecule is CONC(=O)C(C)(C)/C=C/n1ncc(C(=O)NC(C)C2CC3CCC[C@@](O)(C3)C2)c1OCC(C)C. The number of hydrogen-bond acceptors (Lipinski definition) is 6. The van der Waals surface area contributed by atoms with Crippen LogP contribution < -0.4 is 15.5 Å². The first-order chi connectivity index (χ1) is 16.4. The summed E-state index contributed by atoms with van der Waals surface area (Å²) in [5.74, 6) is 0.792. The number of amides is 2. The zero-order chi connectivity index (χ0) is 25.8. The third-order valence-electron chi connectivity index (χ3n) is 7.23. The zero-order valence-electron chi connectivity index (χ0n) is 22.0. The van der Waals surface area contributed by atoms with Crippen molar-refractivity contribution >= 4 is 18.0 Å². The van der Waals surface area contributed by atoms with E-state index in [9.17, 15) is 14.7 Å². The van der Waals surface area contributed by atoms with Gasteiger partial charge in [0.2, 0.25) is 5.88 Å². The van der Waals surface area contributed by atoms with E-state index in [0.29, 0.717) is 24.0 Å². The van der Waals surface area contributed by atoms with Crippen LogP contribution in [0.5, 0.6) is 5.88 Å². The van der Waals surface area contributed by atoms with E-state index in [0.717, 1.165) is 38.5 Å². The summed E-state index contributed by atoms with van der Waals surface area (Å²) in [7, 11) is 1.38. The van der Waals surface area contributed by atoms with Crippen LogP contribution in [0.3, 0.4) is 0 Å². The summed E-state index contributed by atoms with van der Waals surface area (Å²) < 4.78 is 7.47. The maximum Gasteiger partial charge on any atom is 0.258 e. The molecule has 1 aromatic heterocycles. The molecule has 0 saturated heterocycles. The molecule has 9 nitrogen and oxygen atoms in total.